The van der Waals surface area contributed by atoms with Crippen molar-refractivity contribution in [3.8, 4) is 0 Å². The van der Waals surface area contributed by atoms with Gasteiger partial charge in [-0.05, 0) is 0 Å². The number of carbonyl (C=O) groups is 1. The van der Waals surface area contributed by atoms with Gasteiger partial charge in [-0.15, -0.1) is 0 Å². The lowest BCUT2D eigenvalue weighted by atomic mass is 10.7. The van der Waals surface area contributed by atoms with Gasteiger partial charge in [-0.2, -0.15) is 0 Å². The fraction of sp³-hybridized carbons (Fsp3) is 0.167. The summed E-state index contributed by atoms with van der Waals surface area (Å²) in [6.07, 6.45) is 1.87. The lowest BCUT2D eigenvalue weighted by Crippen LogP contribution is -2.29. The molecule has 0 aliphatic carbocycles. The van der Waals surface area contributed by atoms with Crippen molar-refractivity contribution in [1.82, 2.24) is 5.23 Å². The minimum atomic E-state index is -1.19. The third-order valence-electron chi connectivity index (χ3n) is 0.653. The first-order chi connectivity index (χ1) is 6.20. The van der Waals surface area contributed by atoms with Gasteiger partial charge in [-0.25, -0.2) is 0 Å². The van der Waals surface area contributed by atoms with Crippen LogP contribution in [0.5, 0.6) is 0 Å². The number of carboxylic acids is 1. The average Bonchev–Trinajstić information content (AvgIpc) is 2.09. The van der Waals surface area contributed by atoms with Gasteiger partial charge >= 0.3 is 5.97 Å². The lowest BCUT2D eigenvalue weighted by Gasteiger charge is -2.12. The maximum absolute atomic E-state index is 10.2. The van der Waals surface area contributed by atoms with Crippen LogP contribution in [0.2, 0.25) is 0 Å². The Morgan fingerprint density at radius 2 is 1.77 bits per heavy atom. The van der Waals surface area contributed by atoms with Crippen LogP contribution in [0.25, 0.3) is 0 Å². The van der Waals surface area contributed by atoms with Gasteiger partial charge in [0.1, 0.15) is 12.5 Å². The second kappa shape index (κ2) is 7.10. The Morgan fingerprint density at radius 3 is 2.08 bits per heavy atom. The molecule has 0 aromatic carbocycles. The summed E-state index contributed by atoms with van der Waals surface area (Å²) in [5.41, 5.74) is 0. The molecule has 0 atom stereocenters. The quantitative estimate of drug-likeness (QED) is 0.337. The summed E-state index contributed by atoms with van der Waals surface area (Å²) >= 11 is 0. The monoisotopic (exact) mass is 191 g/mol. The zero-order chi connectivity index (χ0) is 10.1. The molecule has 1 N–H and O–H groups in total. The molecular weight excluding hydrogens is 182 g/mol. The molecule has 0 aliphatic rings. The average molecular weight is 191 g/mol. The van der Waals surface area contributed by atoms with E-state index in [1.807, 2.05) is 0 Å². The van der Waals surface area contributed by atoms with Gasteiger partial charge in [-0.1, -0.05) is 23.1 Å². The summed E-state index contributed by atoms with van der Waals surface area (Å²) in [6.45, 7) is 5.71. The van der Waals surface area contributed by atoms with Crippen LogP contribution in [-0.4, -0.2) is 22.8 Å². The number of nitrogens with zero attached hydrogens (tertiary/aromatic N) is 1. The molecule has 0 amide bonds. The van der Waals surface area contributed by atoms with Crippen molar-refractivity contribution in [2.45, 2.75) is 0 Å². The van der Waals surface area contributed by atoms with E-state index in [1.54, 1.807) is 0 Å². The SMILES string of the molecule is C=COON(CC(=O)O)OOC=C. The Bertz CT molecular complexity index is 170. The Kier molecular flexibility index (Phi) is 6.24. The van der Waals surface area contributed by atoms with Crippen molar-refractivity contribution in [2.75, 3.05) is 6.54 Å². The van der Waals surface area contributed by atoms with Crippen LogP contribution in [0.3, 0.4) is 0 Å². The molecule has 0 unspecified atom stereocenters. The number of hydrogen-bond acceptors (Lipinski definition) is 6. The van der Waals surface area contributed by atoms with Gasteiger partial charge < -0.3 is 14.9 Å². The van der Waals surface area contributed by atoms with Crippen LogP contribution >= 0.6 is 0 Å². The predicted molar refractivity (Wildman–Crippen MR) is 39.1 cm³/mol. The number of carboxylic acid groups (broad SMARTS) is 1. The van der Waals surface area contributed by atoms with E-state index in [0.717, 1.165) is 12.5 Å². The molecule has 7 nitrogen and oxygen atoms in total. The minimum absolute atomic E-state index is 0.436. The van der Waals surface area contributed by atoms with Gasteiger partial charge in [-0.3, -0.25) is 4.79 Å². The first-order valence-electron chi connectivity index (χ1n) is 3.08. The fourth-order valence-corrected chi connectivity index (χ4v) is 0.332. The highest BCUT2D eigenvalue weighted by Crippen LogP contribution is 1.95. The van der Waals surface area contributed by atoms with Crippen LogP contribution in [-0.2, 0) is 24.5 Å². The smallest absolute Gasteiger partial charge is 0.323 e. The van der Waals surface area contributed by atoms with E-state index in [2.05, 4.69) is 32.9 Å². The topological polar surface area (TPSA) is 77.5 Å². The molecule has 0 spiro atoms. The van der Waals surface area contributed by atoms with E-state index >= 15 is 0 Å². The molecule has 0 heterocycles. The largest absolute Gasteiger partial charge is 0.480 e. The van der Waals surface area contributed by atoms with E-state index in [-0.39, 0.29) is 0 Å². The molecule has 0 radical (unpaired) electrons. The highest BCUT2D eigenvalue weighted by atomic mass is 17.4. The number of hydroxylamine groups is 2. The number of hydrogen-bond donors (Lipinski definition) is 1. The van der Waals surface area contributed by atoms with Crippen molar-refractivity contribution in [1.29, 1.82) is 0 Å². The second-order valence-electron chi connectivity index (χ2n) is 1.56. The van der Waals surface area contributed by atoms with Crippen LogP contribution < -0.4 is 0 Å². The third kappa shape index (κ3) is 6.81. The maximum atomic E-state index is 10.2. The van der Waals surface area contributed by atoms with Gasteiger partial charge in [0.05, 0.1) is 0 Å². The summed E-state index contributed by atoms with van der Waals surface area (Å²) in [5.74, 6) is -1.19. The predicted octanol–water partition coefficient (Wildman–Crippen LogP) is 0.386. The Labute approximate surface area is 74.1 Å². The van der Waals surface area contributed by atoms with Crippen LogP contribution in [0.15, 0.2) is 25.7 Å². The van der Waals surface area contributed by atoms with E-state index in [1.165, 1.54) is 0 Å². The van der Waals surface area contributed by atoms with Crippen molar-refractivity contribution in [2.24, 2.45) is 0 Å². The molecule has 0 saturated carbocycles. The first kappa shape index (κ1) is 11.4. The molecule has 0 rings (SSSR count). The van der Waals surface area contributed by atoms with Gasteiger partial charge in [0.25, 0.3) is 0 Å². The zero-order valence-corrected chi connectivity index (χ0v) is 6.71. The summed E-state index contributed by atoms with van der Waals surface area (Å²) in [7, 11) is 0. The van der Waals surface area contributed by atoms with Crippen molar-refractivity contribution < 1.29 is 29.7 Å². The summed E-state index contributed by atoms with van der Waals surface area (Å²) in [4.78, 5) is 27.0. The van der Waals surface area contributed by atoms with Crippen LogP contribution in [0.1, 0.15) is 0 Å². The van der Waals surface area contributed by atoms with E-state index in [4.69, 9.17) is 5.11 Å². The molecule has 0 aromatic rings. The highest BCUT2D eigenvalue weighted by molar-refractivity contribution is 5.68. The van der Waals surface area contributed by atoms with Gasteiger partial charge in [0.2, 0.25) is 0 Å². The van der Waals surface area contributed by atoms with Gasteiger partial charge in [0.15, 0.2) is 6.54 Å². The summed E-state index contributed by atoms with van der Waals surface area (Å²) < 4.78 is 0. The highest BCUT2D eigenvalue weighted by Gasteiger charge is 2.13. The number of aliphatic carboxylic acids is 1. The Hall–Kier alpha value is -1.57. The summed E-state index contributed by atoms with van der Waals surface area (Å²) in [5, 5.41) is 8.75. The fourth-order valence-electron chi connectivity index (χ4n) is 0.332. The second-order valence-corrected chi connectivity index (χ2v) is 1.56. The Morgan fingerprint density at radius 1 is 1.31 bits per heavy atom. The first-order valence-corrected chi connectivity index (χ1v) is 3.08. The van der Waals surface area contributed by atoms with Crippen molar-refractivity contribution in [3.05, 3.63) is 25.7 Å². The molecule has 0 bridgehead atoms. The molecule has 0 aliphatic heterocycles. The molecule has 0 aromatic heterocycles. The normalized spacial score (nSPS) is 9.31. The Balaban J connectivity index is 3.78. The molecule has 7 heteroatoms. The third-order valence-corrected chi connectivity index (χ3v) is 0.653. The zero-order valence-electron chi connectivity index (χ0n) is 6.71. The standard InChI is InChI=1S/C6H9NO6/c1-3-10-12-7(5-6(8)9)13-11-4-2/h3-4H,1-2,5H2,(H,8,9). The summed E-state index contributed by atoms with van der Waals surface area (Å²) in [6, 6.07) is 0. The van der Waals surface area contributed by atoms with E-state index < -0.39 is 12.5 Å². The van der Waals surface area contributed by atoms with E-state index in [0.29, 0.717) is 5.23 Å². The minimum Gasteiger partial charge on any atom is -0.480 e. The molecular formula is C6H9NO6. The molecule has 0 saturated heterocycles. The molecule has 13 heavy (non-hydrogen) atoms. The van der Waals surface area contributed by atoms with Crippen LogP contribution in [0, 0.1) is 0 Å². The molecule has 74 valence electrons. The lowest BCUT2D eigenvalue weighted by molar-refractivity contribution is -0.578. The van der Waals surface area contributed by atoms with Crippen molar-refractivity contribution in [3.63, 3.8) is 0 Å². The maximum Gasteiger partial charge on any atom is 0.323 e. The van der Waals surface area contributed by atoms with E-state index in [9.17, 15) is 4.79 Å². The molecule has 0 fully saturated rings. The van der Waals surface area contributed by atoms with Crippen LogP contribution in [0.4, 0.5) is 0 Å². The van der Waals surface area contributed by atoms with Crippen molar-refractivity contribution >= 4 is 5.97 Å². The number of rotatable bonds is 8. The van der Waals surface area contributed by atoms with Gasteiger partial charge in [0, 0.05) is 5.23 Å².